The Morgan fingerprint density at radius 1 is 1.57 bits per heavy atom. The highest BCUT2D eigenvalue weighted by Gasteiger charge is 2.07. The first-order chi connectivity index (χ1) is 6.81. The van der Waals surface area contributed by atoms with Crippen molar-refractivity contribution in [3.63, 3.8) is 0 Å². The molecule has 2 heterocycles. The molecule has 0 amide bonds. The van der Waals surface area contributed by atoms with Gasteiger partial charge in [-0.2, -0.15) is 0 Å². The van der Waals surface area contributed by atoms with Gasteiger partial charge in [0.15, 0.2) is 0 Å². The van der Waals surface area contributed by atoms with E-state index in [4.69, 9.17) is 4.74 Å². The first kappa shape index (κ1) is 8.74. The van der Waals surface area contributed by atoms with Crippen molar-refractivity contribution in [2.45, 2.75) is 6.92 Å². The molecule has 72 valence electrons. The number of carbonyl (C=O) groups is 1. The normalized spacial score (nSPS) is 10.4. The fourth-order valence-electron chi connectivity index (χ4n) is 1.27. The van der Waals surface area contributed by atoms with Crippen LogP contribution in [0, 0.1) is 0 Å². The lowest BCUT2D eigenvalue weighted by Crippen LogP contribution is -2.04. The quantitative estimate of drug-likeness (QED) is 0.734. The second-order valence-electron chi connectivity index (χ2n) is 2.87. The van der Waals surface area contributed by atoms with Crippen molar-refractivity contribution < 1.29 is 9.53 Å². The minimum atomic E-state index is -0.330. The third kappa shape index (κ3) is 1.46. The zero-order valence-electron chi connectivity index (χ0n) is 7.78. The predicted molar refractivity (Wildman–Crippen MR) is 52.1 cm³/mol. The number of carbonyl (C=O) groups excluding carboxylic acids is 1. The summed E-state index contributed by atoms with van der Waals surface area (Å²) in [5, 5.41) is 0.913. The molecule has 0 fully saturated rings. The minimum absolute atomic E-state index is 0.330. The van der Waals surface area contributed by atoms with Crippen LogP contribution in [0.5, 0.6) is 0 Å². The molecule has 0 saturated carbocycles. The Balaban J connectivity index is 2.38. The number of nitrogens with one attached hydrogen (secondary N) is 1. The summed E-state index contributed by atoms with van der Waals surface area (Å²) < 4.78 is 4.86. The molecule has 0 spiro atoms. The van der Waals surface area contributed by atoms with Crippen molar-refractivity contribution in [1.29, 1.82) is 0 Å². The van der Waals surface area contributed by atoms with Gasteiger partial charge in [0, 0.05) is 24.0 Å². The zero-order valence-corrected chi connectivity index (χ0v) is 7.78. The zero-order chi connectivity index (χ0) is 9.97. The molecule has 0 aliphatic rings. The van der Waals surface area contributed by atoms with Crippen molar-refractivity contribution in [1.82, 2.24) is 9.97 Å². The molecule has 0 aliphatic heterocycles. The summed E-state index contributed by atoms with van der Waals surface area (Å²) in [6.45, 7) is 2.16. The summed E-state index contributed by atoms with van der Waals surface area (Å²) in [6, 6.07) is 1.76. The SMILES string of the molecule is CCOC(=O)c1cnc2c[nH]cc2c1. The van der Waals surface area contributed by atoms with Crippen LogP contribution in [0.4, 0.5) is 0 Å². The Bertz CT molecular complexity index is 462. The summed E-state index contributed by atoms with van der Waals surface area (Å²) in [5.41, 5.74) is 1.33. The maximum atomic E-state index is 11.3. The Labute approximate surface area is 80.9 Å². The predicted octanol–water partition coefficient (Wildman–Crippen LogP) is 1.74. The number of esters is 1. The van der Waals surface area contributed by atoms with Crippen molar-refractivity contribution >= 4 is 16.9 Å². The third-order valence-electron chi connectivity index (χ3n) is 1.92. The van der Waals surface area contributed by atoms with E-state index < -0.39 is 0 Å². The number of pyridine rings is 1. The number of fused-ring (bicyclic) bond motifs is 1. The third-order valence-corrected chi connectivity index (χ3v) is 1.92. The number of ether oxygens (including phenoxy) is 1. The van der Waals surface area contributed by atoms with Crippen molar-refractivity contribution in [3.05, 3.63) is 30.2 Å². The maximum absolute atomic E-state index is 11.3. The molecule has 0 saturated heterocycles. The summed E-state index contributed by atoms with van der Waals surface area (Å²) >= 11 is 0. The van der Waals surface area contributed by atoms with Crippen LogP contribution in [0.2, 0.25) is 0 Å². The number of nitrogens with zero attached hydrogens (tertiary/aromatic N) is 1. The fourth-order valence-corrected chi connectivity index (χ4v) is 1.27. The Morgan fingerprint density at radius 2 is 2.43 bits per heavy atom. The first-order valence-electron chi connectivity index (χ1n) is 4.41. The van der Waals surface area contributed by atoms with Gasteiger partial charge in [0.2, 0.25) is 0 Å². The highest BCUT2D eigenvalue weighted by molar-refractivity contribution is 5.93. The van der Waals surface area contributed by atoms with Crippen LogP contribution in [0.3, 0.4) is 0 Å². The van der Waals surface area contributed by atoms with Gasteiger partial charge in [0.25, 0.3) is 0 Å². The molecule has 2 aromatic rings. The molecule has 14 heavy (non-hydrogen) atoms. The van der Waals surface area contributed by atoms with Gasteiger partial charge in [-0.1, -0.05) is 0 Å². The van der Waals surface area contributed by atoms with Crippen molar-refractivity contribution in [2.75, 3.05) is 6.61 Å². The van der Waals surface area contributed by atoms with Gasteiger partial charge >= 0.3 is 5.97 Å². The number of H-pyrrole nitrogens is 1. The summed E-state index contributed by atoms with van der Waals surface area (Å²) in [7, 11) is 0. The van der Waals surface area contributed by atoms with E-state index in [1.807, 2.05) is 0 Å². The molecule has 0 aromatic carbocycles. The molecule has 2 aromatic heterocycles. The van der Waals surface area contributed by atoms with Gasteiger partial charge in [-0.3, -0.25) is 4.98 Å². The number of hydrogen-bond acceptors (Lipinski definition) is 3. The van der Waals surface area contributed by atoms with Gasteiger partial charge in [0.05, 0.1) is 17.7 Å². The molecule has 4 heteroatoms. The van der Waals surface area contributed by atoms with Gasteiger partial charge in [0.1, 0.15) is 0 Å². The topological polar surface area (TPSA) is 55.0 Å². The van der Waals surface area contributed by atoms with Crippen LogP contribution in [0.25, 0.3) is 10.9 Å². The van der Waals surface area contributed by atoms with E-state index in [1.54, 1.807) is 25.4 Å². The fraction of sp³-hybridized carbons (Fsp3) is 0.200. The molecular weight excluding hydrogens is 180 g/mol. The Hall–Kier alpha value is -1.84. The Morgan fingerprint density at radius 3 is 3.21 bits per heavy atom. The van der Waals surface area contributed by atoms with Crippen molar-refractivity contribution in [2.24, 2.45) is 0 Å². The van der Waals surface area contributed by atoms with Crippen LogP contribution in [-0.2, 0) is 4.74 Å². The monoisotopic (exact) mass is 190 g/mol. The van der Waals surface area contributed by atoms with Crippen LogP contribution >= 0.6 is 0 Å². The minimum Gasteiger partial charge on any atom is -0.462 e. The second kappa shape index (κ2) is 3.49. The maximum Gasteiger partial charge on any atom is 0.339 e. The van der Waals surface area contributed by atoms with Crippen molar-refractivity contribution in [3.8, 4) is 0 Å². The number of aromatic nitrogens is 2. The summed E-state index contributed by atoms with van der Waals surface area (Å²) in [6.07, 6.45) is 5.10. The van der Waals surface area contributed by atoms with Gasteiger partial charge < -0.3 is 9.72 Å². The first-order valence-corrected chi connectivity index (χ1v) is 4.41. The van der Waals surface area contributed by atoms with Crippen LogP contribution in [-0.4, -0.2) is 22.5 Å². The molecule has 0 bridgehead atoms. The number of rotatable bonds is 2. The standard InChI is InChI=1S/C10H10N2O2/c1-2-14-10(13)8-3-7-4-11-6-9(7)12-5-8/h3-6,11H,2H2,1H3. The van der Waals surface area contributed by atoms with E-state index in [0.29, 0.717) is 12.2 Å². The molecule has 0 atom stereocenters. The molecule has 0 aliphatic carbocycles. The van der Waals surface area contributed by atoms with E-state index in [-0.39, 0.29) is 5.97 Å². The Kier molecular flexibility index (Phi) is 2.18. The van der Waals surface area contributed by atoms with E-state index in [1.165, 1.54) is 6.20 Å². The van der Waals surface area contributed by atoms with Gasteiger partial charge in [-0.15, -0.1) is 0 Å². The molecular formula is C10H10N2O2. The number of aromatic amines is 1. The average Bonchev–Trinajstić information content (AvgIpc) is 2.64. The van der Waals surface area contributed by atoms with Gasteiger partial charge in [-0.25, -0.2) is 4.79 Å². The van der Waals surface area contributed by atoms with E-state index in [9.17, 15) is 4.79 Å². The van der Waals surface area contributed by atoms with Gasteiger partial charge in [-0.05, 0) is 13.0 Å². The largest absolute Gasteiger partial charge is 0.462 e. The lowest BCUT2D eigenvalue weighted by molar-refractivity contribution is 0.0526. The average molecular weight is 190 g/mol. The molecule has 1 N–H and O–H groups in total. The second-order valence-corrected chi connectivity index (χ2v) is 2.87. The van der Waals surface area contributed by atoms with E-state index >= 15 is 0 Å². The van der Waals surface area contributed by atoms with Crippen LogP contribution in [0.1, 0.15) is 17.3 Å². The summed E-state index contributed by atoms with van der Waals surface area (Å²) in [5.74, 6) is -0.330. The lowest BCUT2D eigenvalue weighted by atomic mass is 10.2. The molecule has 4 nitrogen and oxygen atoms in total. The van der Waals surface area contributed by atoms with Crippen LogP contribution < -0.4 is 0 Å². The number of hydrogen-bond donors (Lipinski definition) is 1. The smallest absolute Gasteiger partial charge is 0.339 e. The highest BCUT2D eigenvalue weighted by Crippen LogP contribution is 2.12. The van der Waals surface area contributed by atoms with E-state index in [2.05, 4.69) is 9.97 Å². The van der Waals surface area contributed by atoms with Crippen LogP contribution in [0.15, 0.2) is 24.7 Å². The molecule has 0 unspecified atom stereocenters. The lowest BCUT2D eigenvalue weighted by Gasteiger charge is -2.00. The summed E-state index contributed by atoms with van der Waals surface area (Å²) in [4.78, 5) is 18.4. The van der Waals surface area contributed by atoms with E-state index in [0.717, 1.165) is 10.9 Å². The molecule has 2 rings (SSSR count). The highest BCUT2D eigenvalue weighted by atomic mass is 16.5. The molecule has 0 radical (unpaired) electrons.